The number of nitriles is 1. The van der Waals surface area contributed by atoms with Crippen molar-refractivity contribution in [1.29, 1.82) is 5.26 Å². The molecule has 9 nitrogen and oxygen atoms in total. The molecule has 0 spiro atoms. The van der Waals surface area contributed by atoms with Crippen molar-refractivity contribution in [3.8, 4) is 61.8 Å². The predicted molar refractivity (Wildman–Crippen MR) is 383 cm³/mol. The number of aliphatic carboxylic acids is 1. The molecule has 8 rings (SSSR count). The summed E-state index contributed by atoms with van der Waals surface area (Å²) in [6.45, 7) is 16.2. The highest BCUT2D eigenvalue weighted by molar-refractivity contribution is 7.29. The molecular weight excluding hydrogens is 1150 g/mol. The van der Waals surface area contributed by atoms with E-state index in [1.54, 1.807) is 22.7 Å². The van der Waals surface area contributed by atoms with Crippen LogP contribution >= 0.6 is 22.7 Å². The van der Waals surface area contributed by atoms with Gasteiger partial charge in [-0.05, 0) is 134 Å². The lowest BCUT2D eigenvalue weighted by Gasteiger charge is -2.26. The van der Waals surface area contributed by atoms with E-state index >= 15 is 0 Å². The normalized spacial score (nSPS) is 11.7. The highest BCUT2D eigenvalue weighted by atomic mass is 32.1. The summed E-state index contributed by atoms with van der Waals surface area (Å²) in [5, 5.41) is 19.6. The van der Waals surface area contributed by atoms with Gasteiger partial charge in [-0.1, -0.05) is 206 Å². The smallest absolute Gasteiger partial charge is 0.346 e. The van der Waals surface area contributed by atoms with E-state index in [4.69, 9.17) is 18.9 Å². The van der Waals surface area contributed by atoms with E-state index in [-0.39, 0.29) is 5.57 Å². The Balaban J connectivity index is 1.17. The van der Waals surface area contributed by atoms with Gasteiger partial charge in [0.2, 0.25) is 0 Å². The highest BCUT2D eigenvalue weighted by Gasteiger charge is 2.25. The molecule has 0 atom stereocenters. The van der Waals surface area contributed by atoms with Crippen LogP contribution in [0.25, 0.3) is 59.2 Å². The number of thiophene rings is 2. The van der Waals surface area contributed by atoms with E-state index in [1.807, 2.05) is 6.07 Å². The molecule has 0 fully saturated rings. The molecule has 0 unspecified atom stereocenters. The number of carbonyl (C=O) groups is 1. The molecule has 8 aromatic rings. The van der Waals surface area contributed by atoms with Gasteiger partial charge in [0.05, 0.1) is 46.9 Å². The number of hydrogen-bond acceptors (Lipinski definition) is 9. The van der Waals surface area contributed by atoms with Gasteiger partial charge in [0.25, 0.3) is 0 Å². The number of carboxylic acids is 1. The second-order valence-corrected chi connectivity index (χ2v) is 26.5. The van der Waals surface area contributed by atoms with Crippen molar-refractivity contribution in [2.45, 2.75) is 215 Å². The molecule has 1 N–H and O–H groups in total. The van der Waals surface area contributed by atoms with Crippen LogP contribution < -0.4 is 23.8 Å². The number of anilines is 3. The third kappa shape index (κ3) is 19.5. The molecule has 3 heterocycles. The summed E-state index contributed by atoms with van der Waals surface area (Å²) in [7, 11) is 0. The quantitative estimate of drug-likeness (QED) is 0.0229. The molecule has 0 aliphatic rings. The van der Waals surface area contributed by atoms with E-state index in [0.717, 1.165) is 147 Å². The number of nitrogens with zero attached hydrogens (tertiary/aromatic N) is 3. The van der Waals surface area contributed by atoms with Gasteiger partial charge in [0.15, 0.2) is 0 Å². The zero-order valence-corrected chi connectivity index (χ0v) is 56.7. The number of hydrogen-bond donors (Lipinski definition) is 1. The van der Waals surface area contributed by atoms with Crippen molar-refractivity contribution in [2.24, 2.45) is 0 Å². The molecule has 0 saturated heterocycles. The minimum Gasteiger partial charge on any atom is -0.493 e. The Labute approximate surface area is 547 Å². The molecule has 3 aromatic heterocycles. The molecule has 480 valence electrons. The van der Waals surface area contributed by atoms with Crippen LogP contribution in [0.15, 0.2) is 127 Å². The average molecular weight is 1250 g/mol. The molecule has 0 aliphatic carbocycles. The largest absolute Gasteiger partial charge is 0.493 e. The second-order valence-electron chi connectivity index (χ2n) is 24.3. The van der Waals surface area contributed by atoms with Crippen LogP contribution in [0, 0.1) is 11.3 Å². The van der Waals surface area contributed by atoms with Gasteiger partial charge in [0, 0.05) is 56.1 Å². The van der Waals surface area contributed by atoms with E-state index in [2.05, 4.69) is 172 Å². The molecule has 11 heteroatoms. The van der Waals surface area contributed by atoms with Crippen LogP contribution in [0.3, 0.4) is 0 Å². The highest BCUT2D eigenvalue weighted by Crippen LogP contribution is 2.48. The number of unbranched alkanes of at least 4 members (excludes halogenated alkanes) is 18. The monoisotopic (exact) mass is 1250 g/mol. The van der Waals surface area contributed by atoms with Crippen LogP contribution in [0.2, 0.25) is 0 Å². The van der Waals surface area contributed by atoms with Gasteiger partial charge in [-0.2, -0.15) is 5.26 Å². The minimum atomic E-state index is -1.21. The number of carboxylic acid groups (broad SMARTS) is 1. The Morgan fingerprint density at radius 1 is 0.478 bits per heavy atom. The second kappa shape index (κ2) is 37.4. The van der Waals surface area contributed by atoms with Gasteiger partial charge in [0.1, 0.15) is 34.6 Å². The fourth-order valence-corrected chi connectivity index (χ4v) is 14.5. The van der Waals surface area contributed by atoms with Gasteiger partial charge >= 0.3 is 5.97 Å². The van der Waals surface area contributed by atoms with E-state index in [9.17, 15) is 15.2 Å². The summed E-state index contributed by atoms with van der Waals surface area (Å²) >= 11 is 3.39. The van der Waals surface area contributed by atoms with Gasteiger partial charge in [-0.15, -0.1) is 22.7 Å². The zero-order chi connectivity index (χ0) is 63.3. The first-order valence-electron chi connectivity index (χ1n) is 34.5. The number of aromatic nitrogens is 1. The minimum absolute atomic E-state index is 0.252. The Kier molecular flexibility index (Phi) is 28.6. The van der Waals surface area contributed by atoms with E-state index < -0.39 is 5.97 Å². The summed E-state index contributed by atoms with van der Waals surface area (Å²) < 4.78 is 30.7. The van der Waals surface area contributed by atoms with Crippen LogP contribution in [0.5, 0.6) is 23.0 Å². The van der Waals surface area contributed by atoms with Crippen molar-refractivity contribution >= 4 is 72.2 Å². The lowest BCUT2D eigenvalue weighted by atomic mass is 10.0. The summed E-state index contributed by atoms with van der Waals surface area (Å²) in [6, 6.07) is 46.2. The molecular formula is C79H101N3O6S2. The van der Waals surface area contributed by atoms with E-state index in [0.29, 0.717) is 32.5 Å². The van der Waals surface area contributed by atoms with Crippen molar-refractivity contribution in [2.75, 3.05) is 31.3 Å². The number of benzene rings is 5. The molecule has 0 amide bonds. The zero-order valence-electron chi connectivity index (χ0n) is 55.1. The fraction of sp³-hybridized carbons (Fsp3) is 0.468. The molecule has 0 radical (unpaired) electrons. The fourth-order valence-electron chi connectivity index (χ4n) is 12.1. The van der Waals surface area contributed by atoms with Crippen molar-refractivity contribution in [1.82, 2.24) is 4.57 Å². The average Bonchev–Trinajstić information content (AvgIpc) is 1.57. The predicted octanol–water partition coefficient (Wildman–Crippen LogP) is 24.7. The van der Waals surface area contributed by atoms with Crippen molar-refractivity contribution in [3.05, 3.63) is 132 Å². The van der Waals surface area contributed by atoms with Gasteiger partial charge in [-0.25, -0.2) is 4.79 Å². The first-order valence-corrected chi connectivity index (χ1v) is 36.2. The first-order chi connectivity index (χ1) is 44.2. The SMILES string of the molecule is CCCCCCOc1ccc(-c2ccc(N(c3ccc(-c4cc5c(s4)c4sc(/C=C(/C#N)C(=O)O)cc4n5C(CCCCCC)CCCCCC)cc3)c3ccc(-c4ccc(OCCCCCC)cc4OCCCCCC)cc3)cc2)c(OCCCCCC)c1. The van der Waals surface area contributed by atoms with Crippen molar-refractivity contribution < 1.29 is 28.8 Å². The standard InChI is InChI=1S/C79H101N3O6S2/c1-7-13-19-25-31-63(32-26-20-14-8-2)82-72-56-69(53-62(58-80)79(83)84)89-77(72)78-73(82)57-76(90-78)61-37-43-66(44-38-61)81(64-39-33-59(34-40-64)70-47-45-67(85-49-27-21-15-9-3)54-74(70)87-51-29-23-17-11-5)65-41-35-60(36-42-65)71-48-46-68(86-50-28-22-16-10-4)55-75(71)88-52-30-24-18-12-6/h33-48,53-57,63H,7-32,49-52H2,1-6H3,(H,83,84)/b62-53-. The molecule has 0 aliphatic heterocycles. The molecule has 90 heavy (non-hydrogen) atoms. The summed E-state index contributed by atoms with van der Waals surface area (Å²) in [6.07, 6.45) is 31.6. The maximum absolute atomic E-state index is 12.1. The summed E-state index contributed by atoms with van der Waals surface area (Å²) in [5.41, 5.74) is 10.6. The van der Waals surface area contributed by atoms with Crippen LogP contribution in [0.1, 0.15) is 219 Å². The number of fused-ring (bicyclic) bond motifs is 3. The third-order valence-electron chi connectivity index (χ3n) is 17.2. The topological polar surface area (TPSA) is 106 Å². The van der Waals surface area contributed by atoms with Crippen LogP contribution in [-0.4, -0.2) is 42.1 Å². The van der Waals surface area contributed by atoms with E-state index in [1.165, 1.54) is 124 Å². The summed E-state index contributed by atoms with van der Waals surface area (Å²) in [5.74, 6) is 2.18. The Bertz CT molecular complexity index is 3360. The number of ether oxygens (including phenoxy) is 4. The summed E-state index contributed by atoms with van der Waals surface area (Å²) in [4.78, 5) is 16.4. The van der Waals surface area contributed by atoms with Crippen molar-refractivity contribution in [3.63, 3.8) is 0 Å². The van der Waals surface area contributed by atoms with Gasteiger partial charge < -0.3 is 33.5 Å². The first kappa shape index (κ1) is 68.9. The molecule has 0 bridgehead atoms. The Morgan fingerprint density at radius 3 is 1.28 bits per heavy atom. The molecule has 0 saturated carbocycles. The maximum Gasteiger partial charge on any atom is 0.346 e. The lowest BCUT2D eigenvalue weighted by molar-refractivity contribution is -0.132. The maximum atomic E-state index is 12.1. The Hall–Kier alpha value is -7.00. The van der Waals surface area contributed by atoms with Gasteiger partial charge in [-0.3, -0.25) is 0 Å². The molecule has 5 aromatic carbocycles. The Morgan fingerprint density at radius 2 is 0.867 bits per heavy atom. The van der Waals surface area contributed by atoms with Crippen LogP contribution in [0.4, 0.5) is 17.1 Å². The lowest BCUT2D eigenvalue weighted by Crippen LogP contribution is -2.10. The third-order valence-corrected chi connectivity index (χ3v) is 19.6. The number of rotatable bonds is 43. The van der Waals surface area contributed by atoms with Crippen LogP contribution in [-0.2, 0) is 4.79 Å².